The molecule has 0 bridgehead atoms. The maximum absolute atomic E-state index is 5.02. The Hall–Kier alpha value is -2.10. The van der Waals surface area contributed by atoms with Gasteiger partial charge in [0, 0.05) is 17.1 Å². The molecule has 0 unspecified atom stereocenters. The standard InChI is InChI=1S/C10H7N3O/c1-3-11-10-8(1)9(12-6-13-10)7-2-4-14-5-7/h1-6H,(H,11,12,13). The molecule has 0 saturated heterocycles. The maximum atomic E-state index is 5.02. The SMILES string of the molecule is c1nc(-c2ccoc2)c2cc[nH]c2n1. The molecule has 4 nitrogen and oxygen atoms in total. The fourth-order valence-corrected chi connectivity index (χ4v) is 1.50. The summed E-state index contributed by atoms with van der Waals surface area (Å²) in [6.45, 7) is 0. The van der Waals surface area contributed by atoms with Gasteiger partial charge in [-0.3, -0.25) is 0 Å². The highest BCUT2D eigenvalue weighted by Gasteiger charge is 2.06. The Morgan fingerprint density at radius 3 is 3.07 bits per heavy atom. The molecule has 3 rings (SSSR count). The molecule has 0 aliphatic heterocycles. The van der Waals surface area contributed by atoms with Crippen molar-refractivity contribution < 1.29 is 4.42 Å². The van der Waals surface area contributed by atoms with Crippen LogP contribution in [0.4, 0.5) is 0 Å². The number of fused-ring (bicyclic) bond motifs is 1. The molecule has 68 valence electrons. The van der Waals surface area contributed by atoms with Gasteiger partial charge < -0.3 is 9.40 Å². The van der Waals surface area contributed by atoms with Crippen LogP contribution in [-0.2, 0) is 0 Å². The highest BCUT2D eigenvalue weighted by atomic mass is 16.3. The van der Waals surface area contributed by atoms with E-state index >= 15 is 0 Å². The monoisotopic (exact) mass is 185 g/mol. The molecule has 0 spiro atoms. The summed E-state index contributed by atoms with van der Waals surface area (Å²) in [6, 6.07) is 3.84. The van der Waals surface area contributed by atoms with E-state index in [0.717, 1.165) is 22.3 Å². The van der Waals surface area contributed by atoms with Crippen LogP contribution < -0.4 is 0 Å². The first kappa shape index (κ1) is 7.32. The van der Waals surface area contributed by atoms with Crippen LogP contribution in [0.3, 0.4) is 0 Å². The van der Waals surface area contributed by atoms with Crippen molar-refractivity contribution >= 4 is 11.0 Å². The molecular formula is C10H7N3O. The van der Waals surface area contributed by atoms with Gasteiger partial charge in [0.1, 0.15) is 12.0 Å². The summed E-state index contributed by atoms with van der Waals surface area (Å²) in [6.07, 6.45) is 6.70. The summed E-state index contributed by atoms with van der Waals surface area (Å²) >= 11 is 0. The predicted octanol–water partition coefficient (Wildman–Crippen LogP) is 2.22. The van der Waals surface area contributed by atoms with Gasteiger partial charge in [-0.25, -0.2) is 9.97 Å². The molecule has 0 amide bonds. The Morgan fingerprint density at radius 1 is 1.21 bits per heavy atom. The minimum Gasteiger partial charge on any atom is -0.472 e. The summed E-state index contributed by atoms with van der Waals surface area (Å²) < 4.78 is 5.02. The minimum absolute atomic E-state index is 0.844. The van der Waals surface area contributed by atoms with Gasteiger partial charge in [0.15, 0.2) is 0 Å². The zero-order valence-electron chi connectivity index (χ0n) is 7.27. The molecule has 0 saturated carbocycles. The van der Waals surface area contributed by atoms with E-state index in [2.05, 4.69) is 15.0 Å². The zero-order valence-corrected chi connectivity index (χ0v) is 7.27. The summed E-state index contributed by atoms with van der Waals surface area (Å²) in [4.78, 5) is 11.4. The van der Waals surface area contributed by atoms with Gasteiger partial charge in [-0.1, -0.05) is 0 Å². The molecule has 0 aliphatic carbocycles. The molecular weight excluding hydrogens is 178 g/mol. The second kappa shape index (κ2) is 2.70. The highest BCUT2D eigenvalue weighted by molar-refractivity contribution is 5.89. The van der Waals surface area contributed by atoms with Gasteiger partial charge in [0.25, 0.3) is 0 Å². The van der Waals surface area contributed by atoms with Crippen LogP contribution >= 0.6 is 0 Å². The molecule has 3 heterocycles. The lowest BCUT2D eigenvalue weighted by molar-refractivity contribution is 0.568. The van der Waals surface area contributed by atoms with E-state index in [1.165, 1.54) is 0 Å². The van der Waals surface area contributed by atoms with E-state index in [1.807, 2.05) is 18.3 Å². The summed E-state index contributed by atoms with van der Waals surface area (Å²) in [7, 11) is 0. The van der Waals surface area contributed by atoms with Gasteiger partial charge in [-0.15, -0.1) is 0 Å². The second-order valence-corrected chi connectivity index (χ2v) is 2.97. The molecule has 14 heavy (non-hydrogen) atoms. The van der Waals surface area contributed by atoms with Crippen LogP contribution in [0.5, 0.6) is 0 Å². The van der Waals surface area contributed by atoms with Crippen molar-refractivity contribution in [3.05, 3.63) is 37.2 Å². The topological polar surface area (TPSA) is 54.7 Å². The Labute approximate surface area is 79.6 Å². The van der Waals surface area contributed by atoms with Crippen LogP contribution in [0.15, 0.2) is 41.6 Å². The van der Waals surface area contributed by atoms with E-state index in [9.17, 15) is 0 Å². The first-order valence-corrected chi connectivity index (χ1v) is 4.26. The lowest BCUT2D eigenvalue weighted by Crippen LogP contribution is -1.84. The molecule has 0 aromatic carbocycles. The number of rotatable bonds is 1. The molecule has 4 heteroatoms. The van der Waals surface area contributed by atoms with Crippen molar-refractivity contribution in [2.45, 2.75) is 0 Å². The predicted molar refractivity (Wildman–Crippen MR) is 51.6 cm³/mol. The average molecular weight is 185 g/mol. The van der Waals surface area contributed by atoms with Crippen molar-refractivity contribution in [2.75, 3.05) is 0 Å². The van der Waals surface area contributed by atoms with Crippen molar-refractivity contribution in [3.8, 4) is 11.3 Å². The number of nitrogens with one attached hydrogen (secondary N) is 1. The van der Waals surface area contributed by atoms with Crippen molar-refractivity contribution in [1.82, 2.24) is 15.0 Å². The van der Waals surface area contributed by atoms with Gasteiger partial charge in [-0.05, 0) is 12.1 Å². The van der Waals surface area contributed by atoms with Gasteiger partial charge in [0.05, 0.1) is 18.2 Å². The maximum Gasteiger partial charge on any atom is 0.141 e. The first-order chi connectivity index (χ1) is 6.95. The summed E-state index contributed by atoms with van der Waals surface area (Å²) in [5, 5.41) is 1.01. The van der Waals surface area contributed by atoms with Crippen molar-refractivity contribution in [2.24, 2.45) is 0 Å². The molecule has 0 aliphatic rings. The van der Waals surface area contributed by atoms with E-state index in [1.54, 1.807) is 18.9 Å². The largest absolute Gasteiger partial charge is 0.472 e. The molecule has 3 aromatic heterocycles. The normalized spacial score (nSPS) is 10.9. The van der Waals surface area contributed by atoms with Crippen molar-refractivity contribution in [1.29, 1.82) is 0 Å². The second-order valence-electron chi connectivity index (χ2n) is 2.97. The Bertz CT molecular complexity index is 554. The Kier molecular flexibility index (Phi) is 1.41. The lowest BCUT2D eigenvalue weighted by Gasteiger charge is -1.96. The van der Waals surface area contributed by atoms with E-state index in [4.69, 9.17) is 4.42 Å². The third kappa shape index (κ3) is 0.939. The summed E-state index contributed by atoms with van der Waals surface area (Å²) in [5.41, 5.74) is 2.71. The lowest BCUT2D eigenvalue weighted by atomic mass is 10.2. The summed E-state index contributed by atoms with van der Waals surface area (Å²) in [5.74, 6) is 0. The molecule has 0 fully saturated rings. The fourth-order valence-electron chi connectivity index (χ4n) is 1.50. The molecule has 0 atom stereocenters. The molecule has 3 aromatic rings. The average Bonchev–Trinajstić information content (AvgIpc) is 2.88. The molecule has 1 N–H and O–H groups in total. The Morgan fingerprint density at radius 2 is 2.21 bits per heavy atom. The number of hydrogen-bond acceptors (Lipinski definition) is 3. The fraction of sp³-hybridized carbons (Fsp3) is 0. The zero-order chi connectivity index (χ0) is 9.38. The number of aromatic nitrogens is 3. The van der Waals surface area contributed by atoms with Crippen LogP contribution in [0.25, 0.3) is 22.3 Å². The third-order valence-corrected chi connectivity index (χ3v) is 2.15. The van der Waals surface area contributed by atoms with E-state index in [0.29, 0.717) is 0 Å². The van der Waals surface area contributed by atoms with E-state index in [-0.39, 0.29) is 0 Å². The van der Waals surface area contributed by atoms with Crippen molar-refractivity contribution in [3.63, 3.8) is 0 Å². The van der Waals surface area contributed by atoms with Crippen LogP contribution in [-0.4, -0.2) is 15.0 Å². The van der Waals surface area contributed by atoms with Crippen LogP contribution in [0.2, 0.25) is 0 Å². The number of aromatic amines is 1. The van der Waals surface area contributed by atoms with Gasteiger partial charge in [0.2, 0.25) is 0 Å². The number of hydrogen-bond donors (Lipinski definition) is 1. The van der Waals surface area contributed by atoms with Gasteiger partial charge >= 0.3 is 0 Å². The van der Waals surface area contributed by atoms with Crippen LogP contribution in [0, 0.1) is 0 Å². The smallest absolute Gasteiger partial charge is 0.141 e. The number of furan rings is 1. The number of nitrogens with zero attached hydrogens (tertiary/aromatic N) is 2. The minimum atomic E-state index is 0.844. The third-order valence-electron chi connectivity index (χ3n) is 2.15. The highest BCUT2D eigenvalue weighted by Crippen LogP contribution is 2.24. The number of H-pyrrole nitrogens is 1. The van der Waals surface area contributed by atoms with E-state index < -0.39 is 0 Å². The first-order valence-electron chi connectivity index (χ1n) is 4.26. The molecule has 0 radical (unpaired) electrons. The van der Waals surface area contributed by atoms with Crippen LogP contribution in [0.1, 0.15) is 0 Å². The quantitative estimate of drug-likeness (QED) is 0.632. The Balaban J connectivity index is 2.36. The van der Waals surface area contributed by atoms with Gasteiger partial charge in [-0.2, -0.15) is 0 Å².